The van der Waals surface area contributed by atoms with Crippen LogP contribution in [-0.2, 0) is 9.63 Å². The molecule has 11 heavy (non-hydrogen) atoms. The van der Waals surface area contributed by atoms with E-state index in [9.17, 15) is 4.79 Å². The van der Waals surface area contributed by atoms with E-state index in [1.54, 1.807) is 0 Å². The summed E-state index contributed by atoms with van der Waals surface area (Å²) in [6, 6.07) is 0. The summed E-state index contributed by atoms with van der Waals surface area (Å²) in [5.74, 6) is 0.0255. The van der Waals surface area contributed by atoms with E-state index in [4.69, 9.17) is 4.84 Å². The molecule has 1 atom stereocenters. The molecule has 64 valence electrons. The molecule has 0 rings (SSSR count). The first kappa shape index (κ1) is 10.1. The molecule has 0 aromatic heterocycles. The highest BCUT2D eigenvalue weighted by atomic mass is 16.6. The third-order valence-corrected chi connectivity index (χ3v) is 1.19. The van der Waals surface area contributed by atoms with Gasteiger partial charge in [-0.2, -0.15) is 0 Å². The Balaban J connectivity index is 3.89. The molecular weight excluding hydrogens is 142 g/mol. The van der Waals surface area contributed by atoms with Gasteiger partial charge in [-0.15, -0.1) is 0 Å². The number of nitrogens with zero attached hydrogens (tertiary/aromatic N) is 1. The van der Waals surface area contributed by atoms with Crippen LogP contribution in [0.5, 0.6) is 0 Å². The summed E-state index contributed by atoms with van der Waals surface area (Å²) in [6.45, 7) is 7.06. The fourth-order valence-electron chi connectivity index (χ4n) is 0.605. The van der Waals surface area contributed by atoms with Crippen molar-refractivity contribution >= 4 is 11.5 Å². The van der Waals surface area contributed by atoms with Crippen LogP contribution in [0.25, 0.3) is 0 Å². The largest absolute Gasteiger partial charge is 0.385 e. The predicted octanol–water partition coefficient (Wildman–Crippen LogP) is 1.77. The summed E-state index contributed by atoms with van der Waals surface area (Å²) in [6.07, 6.45) is 0.302. The van der Waals surface area contributed by atoms with Crippen molar-refractivity contribution in [3.63, 3.8) is 0 Å². The molecule has 0 aliphatic rings. The SMILES string of the molecule is CCC(ON=C(C)C)C(C)=O. The van der Waals surface area contributed by atoms with Gasteiger partial charge < -0.3 is 4.84 Å². The number of rotatable bonds is 4. The zero-order chi connectivity index (χ0) is 8.85. The first-order valence-electron chi connectivity index (χ1n) is 3.75. The number of Topliss-reactive ketones (excluding diaryl/α,β-unsaturated/α-hetero) is 1. The second kappa shape index (κ2) is 4.88. The van der Waals surface area contributed by atoms with E-state index < -0.39 is 0 Å². The molecule has 3 nitrogen and oxygen atoms in total. The Morgan fingerprint density at radius 2 is 2.00 bits per heavy atom. The summed E-state index contributed by atoms with van der Waals surface area (Å²) >= 11 is 0. The van der Waals surface area contributed by atoms with Gasteiger partial charge in [-0.1, -0.05) is 12.1 Å². The molecular formula is C8H15NO2. The smallest absolute Gasteiger partial charge is 0.184 e. The van der Waals surface area contributed by atoms with Crippen molar-refractivity contribution in [3.05, 3.63) is 0 Å². The summed E-state index contributed by atoms with van der Waals surface area (Å²) in [7, 11) is 0. The second-order valence-electron chi connectivity index (χ2n) is 2.65. The number of ketones is 1. The maximum absolute atomic E-state index is 10.8. The van der Waals surface area contributed by atoms with Crippen molar-refractivity contribution in [1.82, 2.24) is 0 Å². The minimum Gasteiger partial charge on any atom is -0.385 e. The average Bonchev–Trinajstić information content (AvgIpc) is 1.87. The van der Waals surface area contributed by atoms with Gasteiger partial charge in [0, 0.05) is 0 Å². The first-order chi connectivity index (χ1) is 5.07. The van der Waals surface area contributed by atoms with Crippen molar-refractivity contribution in [2.24, 2.45) is 5.16 Å². The number of oxime groups is 1. The van der Waals surface area contributed by atoms with Gasteiger partial charge in [0.25, 0.3) is 0 Å². The van der Waals surface area contributed by atoms with E-state index in [1.807, 2.05) is 20.8 Å². The second-order valence-corrected chi connectivity index (χ2v) is 2.65. The Bertz CT molecular complexity index is 159. The quantitative estimate of drug-likeness (QED) is 0.460. The molecule has 0 bridgehead atoms. The minimum absolute atomic E-state index is 0.0255. The van der Waals surface area contributed by atoms with Crippen LogP contribution in [0.3, 0.4) is 0 Å². The first-order valence-corrected chi connectivity index (χ1v) is 3.75. The summed E-state index contributed by atoms with van der Waals surface area (Å²) < 4.78 is 0. The highest BCUT2D eigenvalue weighted by molar-refractivity contribution is 5.81. The molecule has 0 aromatic carbocycles. The lowest BCUT2D eigenvalue weighted by molar-refractivity contribution is -0.128. The van der Waals surface area contributed by atoms with E-state index in [0.717, 1.165) is 5.71 Å². The minimum atomic E-state index is -0.370. The monoisotopic (exact) mass is 157 g/mol. The van der Waals surface area contributed by atoms with Gasteiger partial charge >= 0.3 is 0 Å². The van der Waals surface area contributed by atoms with Gasteiger partial charge in [-0.3, -0.25) is 4.79 Å². The van der Waals surface area contributed by atoms with Crippen molar-refractivity contribution < 1.29 is 9.63 Å². The zero-order valence-electron chi connectivity index (χ0n) is 7.55. The number of carbonyl (C=O) groups is 1. The van der Waals surface area contributed by atoms with E-state index in [2.05, 4.69) is 5.16 Å². The fraction of sp³-hybridized carbons (Fsp3) is 0.750. The van der Waals surface area contributed by atoms with E-state index >= 15 is 0 Å². The predicted molar refractivity (Wildman–Crippen MR) is 44.6 cm³/mol. The number of hydrogen-bond acceptors (Lipinski definition) is 3. The van der Waals surface area contributed by atoms with Crippen LogP contribution in [0.15, 0.2) is 5.16 Å². The lowest BCUT2D eigenvalue weighted by Gasteiger charge is -2.08. The van der Waals surface area contributed by atoms with Crippen molar-refractivity contribution in [1.29, 1.82) is 0 Å². The van der Waals surface area contributed by atoms with E-state index in [0.29, 0.717) is 6.42 Å². The molecule has 0 saturated carbocycles. The molecule has 0 fully saturated rings. The zero-order valence-corrected chi connectivity index (χ0v) is 7.55. The van der Waals surface area contributed by atoms with Crippen LogP contribution in [0.4, 0.5) is 0 Å². The summed E-state index contributed by atoms with van der Waals surface area (Å²) in [4.78, 5) is 15.7. The Labute approximate surface area is 67.4 Å². The van der Waals surface area contributed by atoms with Gasteiger partial charge in [0.2, 0.25) is 0 Å². The highest BCUT2D eigenvalue weighted by Gasteiger charge is 2.11. The van der Waals surface area contributed by atoms with E-state index in [1.165, 1.54) is 6.92 Å². The molecule has 3 heteroatoms. The average molecular weight is 157 g/mol. The summed E-state index contributed by atoms with van der Waals surface area (Å²) in [5, 5.41) is 3.71. The molecule has 0 saturated heterocycles. The standard InChI is InChI=1S/C8H15NO2/c1-5-8(7(4)10)11-9-6(2)3/h8H,5H2,1-4H3. The maximum Gasteiger partial charge on any atom is 0.184 e. The number of carbonyl (C=O) groups excluding carboxylic acids is 1. The van der Waals surface area contributed by atoms with Gasteiger partial charge in [0.15, 0.2) is 11.9 Å². The lowest BCUT2D eigenvalue weighted by Crippen LogP contribution is -2.18. The summed E-state index contributed by atoms with van der Waals surface area (Å²) in [5.41, 5.74) is 0.824. The van der Waals surface area contributed by atoms with Crippen LogP contribution in [-0.4, -0.2) is 17.6 Å². The molecule has 0 heterocycles. The third-order valence-electron chi connectivity index (χ3n) is 1.19. The normalized spacial score (nSPS) is 12.0. The molecule has 0 spiro atoms. The van der Waals surface area contributed by atoms with E-state index in [-0.39, 0.29) is 11.9 Å². The molecule has 1 unspecified atom stereocenters. The van der Waals surface area contributed by atoms with Crippen LogP contribution in [0.1, 0.15) is 34.1 Å². The van der Waals surface area contributed by atoms with Crippen LogP contribution >= 0.6 is 0 Å². The third kappa shape index (κ3) is 4.53. The molecule has 0 N–H and O–H groups in total. The highest BCUT2D eigenvalue weighted by Crippen LogP contribution is 1.99. The number of hydrogen-bond donors (Lipinski definition) is 0. The van der Waals surface area contributed by atoms with Crippen molar-refractivity contribution in [2.45, 2.75) is 40.2 Å². The van der Waals surface area contributed by atoms with Crippen LogP contribution < -0.4 is 0 Å². The van der Waals surface area contributed by atoms with Gasteiger partial charge in [-0.25, -0.2) is 0 Å². The van der Waals surface area contributed by atoms with Crippen molar-refractivity contribution in [2.75, 3.05) is 0 Å². The van der Waals surface area contributed by atoms with Gasteiger partial charge in [0.1, 0.15) is 0 Å². The maximum atomic E-state index is 10.8. The Kier molecular flexibility index (Phi) is 4.50. The topological polar surface area (TPSA) is 38.7 Å². The molecule has 0 aliphatic carbocycles. The van der Waals surface area contributed by atoms with Crippen LogP contribution in [0.2, 0.25) is 0 Å². The molecule has 0 radical (unpaired) electrons. The Morgan fingerprint density at radius 1 is 1.45 bits per heavy atom. The molecule has 0 amide bonds. The molecule has 0 aromatic rings. The Hall–Kier alpha value is -0.860. The Morgan fingerprint density at radius 3 is 2.27 bits per heavy atom. The van der Waals surface area contributed by atoms with Gasteiger partial charge in [0.05, 0.1) is 5.71 Å². The van der Waals surface area contributed by atoms with Crippen molar-refractivity contribution in [3.8, 4) is 0 Å². The van der Waals surface area contributed by atoms with Crippen LogP contribution in [0, 0.1) is 0 Å². The van der Waals surface area contributed by atoms with Gasteiger partial charge in [-0.05, 0) is 27.2 Å². The lowest BCUT2D eigenvalue weighted by atomic mass is 10.2. The molecule has 0 aliphatic heterocycles. The fourth-order valence-corrected chi connectivity index (χ4v) is 0.605.